The molecule has 34 heavy (non-hydrogen) atoms. The molecule has 0 aliphatic carbocycles. The zero-order valence-electron chi connectivity index (χ0n) is 19.5. The molecule has 8 nitrogen and oxygen atoms in total. The van der Waals surface area contributed by atoms with Crippen molar-refractivity contribution in [1.29, 1.82) is 0 Å². The number of rotatable bonds is 9. The van der Waals surface area contributed by atoms with Crippen LogP contribution in [0.4, 0.5) is 4.39 Å². The van der Waals surface area contributed by atoms with Crippen molar-refractivity contribution in [2.24, 2.45) is 0 Å². The average molecular weight is 468 g/mol. The van der Waals surface area contributed by atoms with Gasteiger partial charge >= 0.3 is 0 Å². The summed E-state index contributed by atoms with van der Waals surface area (Å²) >= 11 is 0. The van der Waals surface area contributed by atoms with Gasteiger partial charge < -0.3 is 14.8 Å². The van der Waals surface area contributed by atoms with E-state index in [0.717, 1.165) is 43.9 Å². The standard InChI is InChI=1S/C25H30FN5O3/c1-18-28-24(29-31(18)22-8-6-20(26)7-9-22)25(32)27-17-19-4-3-5-23(16-19)34-15-12-30(2)21-10-13-33-14-11-21/h3-9,16,21H,10-15,17H2,1-2H3,(H,27,32). The highest BCUT2D eigenvalue weighted by Crippen LogP contribution is 2.16. The first-order valence-corrected chi connectivity index (χ1v) is 11.5. The Labute approximate surface area is 198 Å². The molecular weight excluding hydrogens is 437 g/mol. The average Bonchev–Trinajstić information content (AvgIpc) is 3.25. The number of amides is 1. The summed E-state index contributed by atoms with van der Waals surface area (Å²) in [5.41, 5.74) is 1.55. The van der Waals surface area contributed by atoms with E-state index in [2.05, 4.69) is 27.3 Å². The van der Waals surface area contributed by atoms with E-state index < -0.39 is 0 Å². The first-order chi connectivity index (χ1) is 16.5. The maximum atomic E-state index is 13.2. The van der Waals surface area contributed by atoms with E-state index in [0.29, 0.717) is 30.7 Å². The molecule has 4 rings (SSSR count). The number of aromatic nitrogens is 3. The number of halogens is 1. The first-order valence-electron chi connectivity index (χ1n) is 11.5. The first kappa shape index (κ1) is 23.8. The summed E-state index contributed by atoms with van der Waals surface area (Å²) in [6.07, 6.45) is 2.12. The van der Waals surface area contributed by atoms with Crippen molar-refractivity contribution in [3.05, 3.63) is 71.6 Å². The molecule has 180 valence electrons. The van der Waals surface area contributed by atoms with Crippen molar-refractivity contribution in [3.8, 4) is 11.4 Å². The summed E-state index contributed by atoms with van der Waals surface area (Å²) in [4.78, 5) is 19.2. The number of aryl methyl sites for hydroxylation is 1. The van der Waals surface area contributed by atoms with Crippen LogP contribution in [0, 0.1) is 12.7 Å². The fourth-order valence-electron chi connectivity index (χ4n) is 3.94. The number of hydrogen-bond donors (Lipinski definition) is 1. The molecule has 0 spiro atoms. The third kappa shape index (κ3) is 6.18. The van der Waals surface area contributed by atoms with Gasteiger partial charge in [0.15, 0.2) is 0 Å². The molecule has 1 aliphatic heterocycles. The van der Waals surface area contributed by atoms with Gasteiger partial charge in [0.25, 0.3) is 5.91 Å². The van der Waals surface area contributed by atoms with Crippen LogP contribution < -0.4 is 10.1 Å². The minimum atomic E-state index is -0.381. The number of carbonyl (C=O) groups excluding carboxylic acids is 1. The summed E-state index contributed by atoms with van der Waals surface area (Å²) < 4.78 is 26.1. The molecule has 3 aromatic rings. The number of nitrogens with zero attached hydrogens (tertiary/aromatic N) is 4. The van der Waals surface area contributed by atoms with Crippen LogP contribution in [0.2, 0.25) is 0 Å². The van der Waals surface area contributed by atoms with E-state index in [1.807, 2.05) is 24.3 Å². The van der Waals surface area contributed by atoms with Gasteiger partial charge in [-0.25, -0.2) is 14.1 Å². The van der Waals surface area contributed by atoms with Crippen molar-refractivity contribution >= 4 is 5.91 Å². The Morgan fingerprint density at radius 2 is 2.00 bits per heavy atom. The Bertz CT molecular complexity index is 1100. The van der Waals surface area contributed by atoms with Crippen LogP contribution in [0.25, 0.3) is 5.69 Å². The van der Waals surface area contributed by atoms with Gasteiger partial charge in [0, 0.05) is 32.3 Å². The lowest BCUT2D eigenvalue weighted by atomic mass is 10.1. The molecule has 2 aromatic carbocycles. The monoisotopic (exact) mass is 467 g/mol. The van der Waals surface area contributed by atoms with Crippen molar-refractivity contribution in [2.75, 3.05) is 33.4 Å². The zero-order chi connectivity index (χ0) is 23.9. The van der Waals surface area contributed by atoms with E-state index in [4.69, 9.17) is 9.47 Å². The Morgan fingerprint density at radius 1 is 1.24 bits per heavy atom. The molecule has 0 radical (unpaired) electrons. The third-order valence-corrected chi connectivity index (χ3v) is 5.92. The predicted molar refractivity (Wildman–Crippen MR) is 126 cm³/mol. The predicted octanol–water partition coefficient (Wildman–Crippen LogP) is 3.13. The molecule has 1 N–H and O–H groups in total. The number of nitrogens with one attached hydrogen (secondary N) is 1. The normalized spacial score (nSPS) is 14.4. The molecule has 1 fully saturated rings. The molecule has 0 atom stereocenters. The van der Waals surface area contributed by atoms with Gasteiger partial charge in [-0.1, -0.05) is 12.1 Å². The van der Waals surface area contributed by atoms with Crippen LogP contribution in [0.15, 0.2) is 48.5 Å². The smallest absolute Gasteiger partial charge is 0.291 e. The SMILES string of the molecule is Cc1nc(C(=O)NCc2cccc(OCCN(C)C3CCOCC3)c2)nn1-c1ccc(F)cc1. The highest BCUT2D eigenvalue weighted by atomic mass is 19.1. The van der Waals surface area contributed by atoms with Gasteiger partial charge in [0.05, 0.1) is 5.69 Å². The van der Waals surface area contributed by atoms with E-state index in [1.165, 1.54) is 16.8 Å². The third-order valence-electron chi connectivity index (χ3n) is 5.92. The van der Waals surface area contributed by atoms with E-state index in [9.17, 15) is 9.18 Å². The largest absolute Gasteiger partial charge is 0.492 e. The Kier molecular flexibility index (Phi) is 7.87. The van der Waals surface area contributed by atoms with Gasteiger partial charge in [-0.05, 0) is 68.8 Å². The number of benzene rings is 2. The van der Waals surface area contributed by atoms with Gasteiger partial charge in [-0.2, -0.15) is 0 Å². The summed E-state index contributed by atoms with van der Waals surface area (Å²) in [6.45, 7) is 5.15. The molecule has 1 aromatic heterocycles. The van der Waals surface area contributed by atoms with Crippen LogP contribution in [0.5, 0.6) is 5.75 Å². The Balaban J connectivity index is 1.28. The molecule has 2 heterocycles. The maximum absolute atomic E-state index is 13.2. The second kappa shape index (κ2) is 11.2. The minimum Gasteiger partial charge on any atom is -0.492 e. The topological polar surface area (TPSA) is 81.5 Å². The maximum Gasteiger partial charge on any atom is 0.291 e. The van der Waals surface area contributed by atoms with Gasteiger partial charge in [0.1, 0.15) is 24.0 Å². The van der Waals surface area contributed by atoms with Crippen LogP contribution in [-0.2, 0) is 11.3 Å². The second-order valence-corrected chi connectivity index (χ2v) is 8.37. The molecule has 0 saturated carbocycles. The molecular formula is C25H30FN5O3. The Morgan fingerprint density at radius 3 is 2.76 bits per heavy atom. The van der Waals surface area contributed by atoms with E-state index in [-0.39, 0.29) is 17.5 Å². The van der Waals surface area contributed by atoms with Gasteiger partial charge in [-0.15, -0.1) is 5.10 Å². The van der Waals surface area contributed by atoms with Crippen molar-refractivity contribution in [1.82, 2.24) is 25.0 Å². The fraction of sp³-hybridized carbons (Fsp3) is 0.400. The molecule has 1 amide bonds. The van der Waals surface area contributed by atoms with Crippen molar-refractivity contribution in [3.63, 3.8) is 0 Å². The molecule has 0 unspecified atom stereocenters. The van der Waals surface area contributed by atoms with Crippen LogP contribution in [0.3, 0.4) is 0 Å². The summed E-state index contributed by atoms with van der Waals surface area (Å²) in [6, 6.07) is 14.1. The summed E-state index contributed by atoms with van der Waals surface area (Å²) in [5, 5.41) is 7.12. The molecule has 1 aliphatic rings. The van der Waals surface area contributed by atoms with Crippen LogP contribution in [0.1, 0.15) is 34.8 Å². The number of carbonyl (C=O) groups is 1. The minimum absolute atomic E-state index is 0.0605. The lowest BCUT2D eigenvalue weighted by Crippen LogP contribution is -2.38. The number of hydrogen-bond acceptors (Lipinski definition) is 6. The van der Waals surface area contributed by atoms with Gasteiger partial charge in [-0.3, -0.25) is 9.69 Å². The molecule has 9 heteroatoms. The van der Waals surface area contributed by atoms with E-state index >= 15 is 0 Å². The Hall–Kier alpha value is -3.30. The highest BCUT2D eigenvalue weighted by Gasteiger charge is 2.18. The molecule has 0 bridgehead atoms. The van der Waals surface area contributed by atoms with Gasteiger partial charge in [0.2, 0.25) is 5.82 Å². The van der Waals surface area contributed by atoms with Crippen molar-refractivity contribution < 1.29 is 18.7 Å². The summed E-state index contributed by atoms with van der Waals surface area (Å²) in [7, 11) is 2.12. The lowest BCUT2D eigenvalue weighted by Gasteiger charge is -2.31. The van der Waals surface area contributed by atoms with Crippen molar-refractivity contribution in [2.45, 2.75) is 32.4 Å². The molecule has 1 saturated heterocycles. The van der Waals surface area contributed by atoms with E-state index in [1.54, 1.807) is 19.1 Å². The number of ether oxygens (including phenoxy) is 2. The lowest BCUT2D eigenvalue weighted by molar-refractivity contribution is 0.0392. The second-order valence-electron chi connectivity index (χ2n) is 8.37. The van der Waals surface area contributed by atoms with Crippen LogP contribution in [-0.4, -0.2) is 65.0 Å². The quantitative estimate of drug-likeness (QED) is 0.521. The highest BCUT2D eigenvalue weighted by molar-refractivity contribution is 5.90. The fourth-order valence-corrected chi connectivity index (χ4v) is 3.94. The van der Waals surface area contributed by atoms with Crippen LogP contribution >= 0.6 is 0 Å². The summed E-state index contributed by atoms with van der Waals surface area (Å²) in [5.74, 6) is 0.648. The zero-order valence-corrected chi connectivity index (χ0v) is 19.5. The number of likely N-dealkylation sites (N-methyl/N-ethyl adjacent to an activating group) is 1.